The fraction of sp³-hybridized carbons (Fsp3) is 0.320. The Morgan fingerprint density at radius 1 is 0.903 bits per heavy atom. The van der Waals surface area contributed by atoms with Crippen LogP contribution in [0.3, 0.4) is 0 Å². The number of alkyl halides is 3. The first kappa shape index (κ1) is 22.7. The molecule has 6 heteroatoms. The standard InChI is InChI=1S/C25H26F3NO2/c1-4-14-24(2,3)31-23-16-19(30-17-18-10-6-5-7-11-18)15-22(29-23)20-12-8-9-13-21(20)25(26,27)28/h5-13,15-16H,4,14,17H2,1-3H3. The zero-order valence-corrected chi connectivity index (χ0v) is 17.9. The summed E-state index contributed by atoms with van der Waals surface area (Å²) >= 11 is 0. The lowest BCUT2D eigenvalue weighted by Crippen LogP contribution is -2.28. The van der Waals surface area contributed by atoms with Crippen LogP contribution >= 0.6 is 0 Å². The summed E-state index contributed by atoms with van der Waals surface area (Å²) in [6.45, 7) is 6.18. The van der Waals surface area contributed by atoms with Crippen molar-refractivity contribution in [1.29, 1.82) is 0 Å². The number of pyridine rings is 1. The SMILES string of the molecule is CCCC(C)(C)Oc1cc(OCc2ccccc2)cc(-c2ccccc2C(F)(F)F)n1. The lowest BCUT2D eigenvalue weighted by molar-refractivity contribution is -0.137. The molecule has 164 valence electrons. The summed E-state index contributed by atoms with van der Waals surface area (Å²) in [7, 11) is 0. The molecule has 0 radical (unpaired) electrons. The van der Waals surface area contributed by atoms with E-state index in [0.717, 1.165) is 24.5 Å². The fourth-order valence-electron chi connectivity index (χ4n) is 3.39. The molecule has 0 bridgehead atoms. The normalized spacial score (nSPS) is 11.9. The number of rotatable bonds is 8. The molecule has 0 aliphatic rings. The van der Waals surface area contributed by atoms with Gasteiger partial charge in [-0.05, 0) is 31.9 Å². The van der Waals surface area contributed by atoms with E-state index in [0.29, 0.717) is 5.75 Å². The molecule has 0 N–H and O–H groups in total. The second-order valence-electron chi connectivity index (χ2n) is 7.96. The molecule has 3 aromatic rings. The summed E-state index contributed by atoms with van der Waals surface area (Å²) in [4.78, 5) is 4.40. The lowest BCUT2D eigenvalue weighted by atomic mass is 10.0. The Balaban J connectivity index is 2.01. The van der Waals surface area contributed by atoms with Crippen molar-refractivity contribution < 1.29 is 22.6 Å². The van der Waals surface area contributed by atoms with Gasteiger partial charge in [0, 0.05) is 17.7 Å². The minimum atomic E-state index is -4.50. The Labute approximate surface area is 180 Å². The van der Waals surface area contributed by atoms with Gasteiger partial charge in [-0.3, -0.25) is 0 Å². The number of aromatic nitrogens is 1. The van der Waals surface area contributed by atoms with Crippen LogP contribution in [0, 0.1) is 0 Å². The van der Waals surface area contributed by atoms with Gasteiger partial charge in [-0.1, -0.05) is 61.9 Å². The van der Waals surface area contributed by atoms with E-state index >= 15 is 0 Å². The van der Waals surface area contributed by atoms with Crippen molar-refractivity contribution in [2.45, 2.75) is 52.0 Å². The van der Waals surface area contributed by atoms with Gasteiger partial charge in [0.2, 0.25) is 5.88 Å². The molecular formula is C25H26F3NO2. The summed E-state index contributed by atoms with van der Waals surface area (Å²) in [5.41, 5.74) is -0.174. The summed E-state index contributed by atoms with van der Waals surface area (Å²) in [5.74, 6) is 0.629. The zero-order valence-electron chi connectivity index (χ0n) is 17.9. The maximum Gasteiger partial charge on any atom is 0.417 e. The van der Waals surface area contributed by atoms with Gasteiger partial charge < -0.3 is 9.47 Å². The van der Waals surface area contributed by atoms with E-state index in [4.69, 9.17) is 9.47 Å². The molecule has 0 amide bonds. The minimum Gasteiger partial charge on any atom is -0.489 e. The number of halogens is 3. The Kier molecular flexibility index (Phi) is 6.88. The third-order valence-corrected chi connectivity index (χ3v) is 4.77. The third-order valence-electron chi connectivity index (χ3n) is 4.77. The zero-order chi connectivity index (χ0) is 22.5. The van der Waals surface area contributed by atoms with Crippen LogP contribution in [0.4, 0.5) is 13.2 Å². The van der Waals surface area contributed by atoms with Crippen LogP contribution in [0.5, 0.6) is 11.6 Å². The number of hydrogen-bond donors (Lipinski definition) is 0. The smallest absolute Gasteiger partial charge is 0.417 e. The predicted octanol–water partition coefficient (Wildman–Crippen LogP) is 7.30. The largest absolute Gasteiger partial charge is 0.489 e. The predicted molar refractivity (Wildman–Crippen MR) is 115 cm³/mol. The van der Waals surface area contributed by atoms with E-state index in [1.54, 1.807) is 12.1 Å². The van der Waals surface area contributed by atoms with Crippen molar-refractivity contribution in [3.05, 3.63) is 77.9 Å². The average Bonchev–Trinajstić information content (AvgIpc) is 2.72. The molecule has 3 rings (SSSR count). The van der Waals surface area contributed by atoms with Crippen LogP contribution in [0.15, 0.2) is 66.7 Å². The molecular weight excluding hydrogens is 403 g/mol. The monoisotopic (exact) mass is 429 g/mol. The summed E-state index contributed by atoms with van der Waals surface area (Å²) in [5, 5.41) is 0. The average molecular weight is 429 g/mol. The highest BCUT2D eigenvalue weighted by atomic mass is 19.4. The highest BCUT2D eigenvalue weighted by Crippen LogP contribution is 2.38. The van der Waals surface area contributed by atoms with Crippen molar-refractivity contribution in [1.82, 2.24) is 4.98 Å². The van der Waals surface area contributed by atoms with Crippen LogP contribution < -0.4 is 9.47 Å². The molecule has 0 aliphatic carbocycles. The van der Waals surface area contributed by atoms with Gasteiger partial charge >= 0.3 is 6.18 Å². The quantitative estimate of drug-likeness (QED) is 0.376. The van der Waals surface area contributed by atoms with Crippen molar-refractivity contribution >= 4 is 0 Å². The Morgan fingerprint density at radius 2 is 1.58 bits per heavy atom. The van der Waals surface area contributed by atoms with Gasteiger partial charge in [0.25, 0.3) is 0 Å². The molecule has 2 aromatic carbocycles. The third kappa shape index (κ3) is 6.23. The Morgan fingerprint density at radius 3 is 2.26 bits per heavy atom. The van der Waals surface area contributed by atoms with E-state index in [2.05, 4.69) is 4.98 Å². The topological polar surface area (TPSA) is 31.4 Å². The highest BCUT2D eigenvalue weighted by Gasteiger charge is 2.34. The molecule has 1 aromatic heterocycles. The van der Waals surface area contributed by atoms with Gasteiger partial charge in [0.05, 0.1) is 11.3 Å². The van der Waals surface area contributed by atoms with Crippen molar-refractivity contribution in [3.63, 3.8) is 0 Å². The summed E-state index contributed by atoms with van der Waals surface area (Å²) in [6, 6.07) is 18.1. The molecule has 0 saturated heterocycles. The van der Waals surface area contributed by atoms with Crippen molar-refractivity contribution in [2.75, 3.05) is 0 Å². The molecule has 0 atom stereocenters. The minimum absolute atomic E-state index is 0.0155. The second-order valence-corrected chi connectivity index (χ2v) is 7.96. The van der Waals surface area contributed by atoms with E-state index in [1.165, 1.54) is 18.2 Å². The highest BCUT2D eigenvalue weighted by molar-refractivity contribution is 5.66. The Hall–Kier alpha value is -3.02. The van der Waals surface area contributed by atoms with E-state index in [9.17, 15) is 13.2 Å². The molecule has 0 unspecified atom stereocenters. The van der Waals surface area contributed by atoms with Gasteiger partial charge in [0.15, 0.2) is 0 Å². The summed E-state index contributed by atoms with van der Waals surface area (Å²) in [6.07, 6.45) is -2.82. The van der Waals surface area contributed by atoms with Gasteiger partial charge in [-0.15, -0.1) is 0 Å². The molecule has 1 heterocycles. The first-order valence-electron chi connectivity index (χ1n) is 10.2. The molecule has 0 saturated carbocycles. The van der Waals surface area contributed by atoms with Gasteiger partial charge in [0.1, 0.15) is 18.0 Å². The fourth-order valence-corrected chi connectivity index (χ4v) is 3.39. The van der Waals surface area contributed by atoms with Gasteiger partial charge in [-0.2, -0.15) is 13.2 Å². The van der Waals surface area contributed by atoms with E-state index in [-0.39, 0.29) is 23.7 Å². The number of ether oxygens (including phenoxy) is 2. The molecule has 0 aliphatic heterocycles. The lowest BCUT2D eigenvalue weighted by Gasteiger charge is -2.26. The van der Waals surface area contributed by atoms with E-state index in [1.807, 2.05) is 51.1 Å². The first-order chi connectivity index (χ1) is 14.7. The van der Waals surface area contributed by atoms with Crippen LogP contribution in [0.25, 0.3) is 11.3 Å². The maximum absolute atomic E-state index is 13.6. The molecule has 0 spiro atoms. The molecule has 3 nitrogen and oxygen atoms in total. The number of hydrogen-bond acceptors (Lipinski definition) is 3. The first-order valence-corrected chi connectivity index (χ1v) is 10.2. The van der Waals surface area contributed by atoms with Crippen LogP contribution in [0.2, 0.25) is 0 Å². The van der Waals surface area contributed by atoms with E-state index < -0.39 is 17.3 Å². The number of nitrogens with zero attached hydrogens (tertiary/aromatic N) is 1. The van der Waals surface area contributed by atoms with Crippen molar-refractivity contribution in [3.8, 4) is 22.9 Å². The van der Waals surface area contributed by atoms with Crippen LogP contribution in [-0.4, -0.2) is 10.6 Å². The van der Waals surface area contributed by atoms with Gasteiger partial charge in [-0.25, -0.2) is 4.98 Å². The Bertz CT molecular complexity index is 1000. The molecule has 0 fully saturated rings. The second kappa shape index (κ2) is 9.41. The molecule has 31 heavy (non-hydrogen) atoms. The maximum atomic E-state index is 13.6. The summed E-state index contributed by atoms with van der Waals surface area (Å²) < 4.78 is 52.7. The van der Waals surface area contributed by atoms with Crippen LogP contribution in [0.1, 0.15) is 44.7 Å². The van der Waals surface area contributed by atoms with Crippen LogP contribution in [-0.2, 0) is 12.8 Å². The number of benzene rings is 2. The van der Waals surface area contributed by atoms with Crippen molar-refractivity contribution in [2.24, 2.45) is 0 Å².